The predicted octanol–water partition coefficient (Wildman–Crippen LogP) is 4.43. The van der Waals surface area contributed by atoms with Gasteiger partial charge in [0.15, 0.2) is 6.61 Å². The quantitative estimate of drug-likeness (QED) is 0.511. The van der Waals surface area contributed by atoms with Gasteiger partial charge in [0.25, 0.3) is 17.7 Å². The van der Waals surface area contributed by atoms with E-state index in [0.717, 1.165) is 50.3 Å². The SMILES string of the molecule is O=C(COC(=O)c1ccc2c(c1)C(=O)N(C1CCCCC1)C2=O)Nc1cccc(C(F)(F)F)c1. The second kappa shape index (κ2) is 9.28. The molecule has 0 spiro atoms. The van der Waals surface area contributed by atoms with Crippen LogP contribution in [0.5, 0.6) is 0 Å². The number of benzene rings is 2. The molecule has 1 heterocycles. The largest absolute Gasteiger partial charge is 0.452 e. The molecule has 3 amide bonds. The van der Waals surface area contributed by atoms with Gasteiger partial charge in [-0.3, -0.25) is 19.3 Å². The molecule has 178 valence electrons. The highest BCUT2D eigenvalue weighted by molar-refractivity contribution is 6.22. The number of imide groups is 1. The van der Waals surface area contributed by atoms with Crippen molar-refractivity contribution in [1.29, 1.82) is 0 Å². The van der Waals surface area contributed by atoms with E-state index in [1.54, 1.807) is 0 Å². The number of esters is 1. The molecule has 1 aliphatic heterocycles. The second-order valence-electron chi connectivity index (χ2n) is 8.24. The third kappa shape index (κ3) is 4.80. The Morgan fingerprint density at radius 1 is 0.971 bits per heavy atom. The van der Waals surface area contributed by atoms with E-state index in [9.17, 15) is 32.3 Å². The number of carbonyl (C=O) groups is 4. The molecule has 1 saturated carbocycles. The number of amides is 3. The number of halogens is 3. The van der Waals surface area contributed by atoms with Gasteiger partial charge >= 0.3 is 12.1 Å². The highest BCUT2D eigenvalue weighted by Gasteiger charge is 2.40. The van der Waals surface area contributed by atoms with E-state index in [-0.39, 0.29) is 34.3 Å². The van der Waals surface area contributed by atoms with Crippen molar-refractivity contribution in [3.8, 4) is 0 Å². The highest BCUT2D eigenvalue weighted by Crippen LogP contribution is 2.32. The number of fused-ring (bicyclic) bond motifs is 1. The molecule has 10 heteroatoms. The van der Waals surface area contributed by atoms with Gasteiger partial charge in [-0.25, -0.2) is 4.79 Å². The summed E-state index contributed by atoms with van der Waals surface area (Å²) < 4.78 is 43.3. The molecule has 0 unspecified atom stereocenters. The molecule has 7 nitrogen and oxygen atoms in total. The first-order valence-corrected chi connectivity index (χ1v) is 10.8. The third-order valence-electron chi connectivity index (χ3n) is 5.90. The Kier molecular flexibility index (Phi) is 6.41. The number of rotatable bonds is 5. The van der Waals surface area contributed by atoms with Crippen LogP contribution in [0.3, 0.4) is 0 Å². The van der Waals surface area contributed by atoms with E-state index in [2.05, 4.69) is 5.32 Å². The van der Waals surface area contributed by atoms with Gasteiger partial charge in [-0.05, 0) is 49.2 Å². The van der Waals surface area contributed by atoms with Crippen LogP contribution in [-0.4, -0.2) is 41.2 Å². The second-order valence-corrected chi connectivity index (χ2v) is 8.24. The lowest BCUT2D eigenvalue weighted by atomic mass is 9.94. The van der Waals surface area contributed by atoms with E-state index in [1.807, 2.05) is 0 Å². The van der Waals surface area contributed by atoms with Crippen LogP contribution in [0.4, 0.5) is 18.9 Å². The summed E-state index contributed by atoms with van der Waals surface area (Å²) in [4.78, 5) is 51.3. The van der Waals surface area contributed by atoms with E-state index in [0.29, 0.717) is 0 Å². The summed E-state index contributed by atoms with van der Waals surface area (Å²) in [6.07, 6.45) is -0.109. The fraction of sp³-hybridized carbons (Fsp3) is 0.333. The van der Waals surface area contributed by atoms with Gasteiger partial charge in [-0.2, -0.15) is 13.2 Å². The zero-order valence-corrected chi connectivity index (χ0v) is 18.0. The molecule has 0 atom stereocenters. The molecule has 1 N–H and O–H groups in total. The van der Waals surface area contributed by atoms with Crippen LogP contribution in [0.2, 0.25) is 0 Å². The number of nitrogens with one attached hydrogen (secondary N) is 1. The van der Waals surface area contributed by atoms with Crippen LogP contribution < -0.4 is 5.32 Å². The van der Waals surface area contributed by atoms with Gasteiger partial charge < -0.3 is 10.1 Å². The first-order chi connectivity index (χ1) is 16.1. The maximum Gasteiger partial charge on any atom is 0.416 e. The maximum absolute atomic E-state index is 12.9. The molecular weight excluding hydrogens is 453 g/mol. The van der Waals surface area contributed by atoms with Crippen molar-refractivity contribution in [2.24, 2.45) is 0 Å². The molecule has 1 fully saturated rings. The zero-order valence-electron chi connectivity index (χ0n) is 18.0. The predicted molar refractivity (Wildman–Crippen MR) is 114 cm³/mol. The normalized spacial score (nSPS) is 16.4. The fourth-order valence-electron chi connectivity index (χ4n) is 4.24. The van der Waals surface area contributed by atoms with Crippen LogP contribution in [0.25, 0.3) is 0 Å². The smallest absolute Gasteiger partial charge is 0.416 e. The van der Waals surface area contributed by atoms with Gasteiger partial charge in [0.05, 0.1) is 22.3 Å². The van der Waals surface area contributed by atoms with Gasteiger partial charge in [0.1, 0.15) is 0 Å². The Hall–Kier alpha value is -3.69. The van der Waals surface area contributed by atoms with E-state index < -0.39 is 36.1 Å². The number of carbonyl (C=O) groups excluding carboxylic acids is 4. The molecule has 0 radical (unpaired) electrons. The molecule has 4 rings (SSSR count). The molecule has 0 bridgehead atoms. The van der Waals surface area contributed by atoms with E-state index >= 15 is 0 Å². The Morgan fingerprint density at radius 2 is 1.68 bits per heavy atom. The Morgan fingerprint density at radius 3 is 2.38 bits per heavy atom. The first-order valence-electron chi connectivity index (χ1n) is 10.8. The average Bonchev–Trinajstić information content (AvgIpc) is 3.07. The van der Waals surface area contributed by atoms with Crippen molar-refractivity contribution in [3.05, 3.63) is 64.7 Å². The molecule has 1 aliphatic carbocycles. The van der Waals surface area contributed by atoms with Crippen molar-refractivity contribution in [2.75, 3.05) is 11.9 Å². The van der Waals surface area contributed by atoms with E-state index in [4.69, 9.17) is 4.74 Å². The minimum absolute atomic E-state index is 0.0164. The number of alkyl halides is 3. The van der Waals surface area contributed by atoms with Crippen molar-refractivity contribution in [3.63, 3.8) is 0 Å². The molecule has 2 aromatic rings. The number of anilines is 1. The van der Waals surface area contributed by atoms with Gasteiger partial charge in [-0.15, -0.1) is 0 Å². The molecule has 2 aromatic carbocycles. The Labute approximate surface area is 192 Å². The highest BCUT2D eigenvalue weighted by atomic mass is 19.4. The van der Waals surface area contributed by atoms with Gasteiger partial charge in [-0.1, -0.05) is 25.3 Å². The number of hydrogen-bond acceptors (Lipinski definition) is 5. The third-order valence-corrected chi connectivity index (χ3v) is 5.90. The number of ether oxygens (including phenoxy) is 1. The first kappa shape index (κ1) is 23.5. The lowest BCUT2D eigenvalue weighted by Gasteiger charge is -2.29. The van der Waals surface area contributed by atoms with Crippen molar-refractivity contribution < 1.29 is 37.1 Å². The molecule has 2 aliphatic rings. The van der Waals surface area contributed by atoms with E-state index in [1.165, 1.54) is 29.2 Å². The molecule has 0 saturated heterocycles. The lowest BCUT2D eigenvalue weighted by molar-refractivity contribution is -0.137. The summed E-state index contributed by atoms with van der Waals surface area (Å²) in [6, 6.07) is 7.88. The average molecular weight is 474 g/mol. The summed E-state index contributed by atoms with van der Waals surface area (Å²) in [6.45, 7) is -0.743. The summed E-state index contributed by atoms with van der Waals surface area (Å²) in [7, 11) is 0. The minimum Gasteiger partial charge on any atom is -0.452 e. The van der Waals surface area contributed by atoms with Gasteiger partial charge in [0, 0.05) is 11.7 Å². The monoisotopic (exact) mass is 474 g/mol. The molecule has 0 aromatic heterocycles. The summed E-state index contributed by atoms with van der Waals surface area (Å²) in [5.41, 5.74) is -0.715. The van der Waals surface area contributed by atoms with Crippen LogP contribution in [-0.2, 0) is 15.7 Å². The van der Waals surface area contributed by atoms with Crippen molar-refractivity contribution in [2.45, 2.75) is 44.3 Å². The molecule has 34 heavy (non-hydrogen) atoms. The van der Waals surface area contributed by atoms with Crippen LogP contribution in [0.1, 0.15) is 68.7 Å². The molecular formula is C24H21F3N2O5. The zero-order chi connectivity index (χ0) is 24.5. The Balaban J connectivity index is 1.39. The fourth-order valence-corrected chi connectivity index (χ4v) is 4.24. The Bertz CT molecular complexity index is 1160. The van der Waals surface area contributed by atoms with Crippen LogP contribution >= 0.6 is 0 Å². The topological polar surface area (TPSA) is 92.8 Å². The van der Waals surface area contributed by atoms with Crippen molar-refractivity contribution >= 4 is 29.4 Å². The standard InChI is InChI=1S/C24H21F3N2O5/c25-24(26,27)15-5-4-6-16(12-15)28-20(30)13-34-23(33)14-9-10-18-19(11-14)22(32)29(21(18)31)17-7-2-1-3-8-17/h4-6,9-12,17H,1-3,7-8,13H2,(H,28,30). The minimum atomic E-state index is -4.56. The summed E-state index contributed by atoms with van der Waals surface area (Å²) in [5.74, 6) is -2.57. The van der Waals surface area contributed by atoms with Crippen LogP contribution in [0, 0.1) is 0 Å². The lowest BCUT2D eigenvalue weighted by Crippen LogP contribution is -2.40. The van der Waals surface area contributed by atoms with Crippen molar-refractivity contribution in [1.82, 2.24) is 4.90 Å². The summed E-state index contributed by atoms with van der Waals surface area (Å²) in [5, 5.41) is 2.24. The summed E-state index contributed by atoms with van der Waals surface area (Å²) >= 11 is 0. The number of hydrogen-bond donors (Lipinski definition) is 1. The van der Waals surface area contributed by atoms with Gasteiger partial charge in [0.2, 0.25) is 0 Å². The van der Waals surface area contributed by atoms with Crippen LogP contribution in [0.15, 0.2) is 42.5 Å². The number of nitrogens with zero attached hydrogens (tertiary/aromatic N) is 1. The maximum atomic E-state index is 12.9.